The molecule has 1 heterocycles. The molecular weight excluding hydrogens is 372 g/mol. The van der Waals surface area contributed by atoms with E-state index in [9.17, 15) is 9.59 Å². The second-order valence-corrected chi connectivity index (χ2v) is 7.74. The van der Waals surface area contributed by atoms with Crippen LogP contribution in [-0.4, -0.2) is 25.5 Å². The molecule has 1 atom stereocenters. The molecule has 138 valence electrons. The second-order valence-electron chi connectivity index (χ2n) is 6.23. The quantitative estimate of drug-likeness (QED) is 0.730. The van der Waals surface area contributed by atoms with E-state index in [4.69, 9.17) is 16.3 Å². The van der Waals surface area contributed by atoms with Gasteiger partial charge in [0.1, 0.15) is 5.00 Å². The molecule has 5 nitrogen and oxygen atoms in total. The summed E-state index contributed by atoms with van der Waals surface area (Å²) in [7, 11) is 1.36. The van der Waals surface area contributed by atoms with Crippen LogP contribution in [0.15, 0.2) is 24.3 Å². The first kappa shape index (κ1) is 18.9. The Bertz CT molecular complexity index is 834. The van der Waals surface area contributed by atoms with Gasteiger partial charge in [-0.1, -0.05) is 29.8 Å². The van der Waals surface area contributed by atoms with Gasteiger partial charge in [0.05, 0.1) is 19.2 Å². The number of hydrogen-bond acceptors (Lipinski definition) is 5. The van der Waals surface area contributed by atoms with Gasteiger partial charge >= 0.3 is 5.97 Å². The molecule has 0 saturated heterocycles. The Morgan fingerprint density at radius 2 is 2.08 bits per heavy atom. The van der Waals surface area contributed by atoms with Crippen molar-refractivity contribution in [2.45, 2.75) is 32.2 Å². The molecule has 0 bridgehead atoms. The number of rotatable bonds is 6. The Morgan fingerprint density at radius 1 is 1.31 bits per heavy atom. The number of benzene rings is 1. The highest BCUT2D eigenvalue weighted by atomic mass is 35.5. The van der Waals surface area contributed by atoms with Crippen molar-refractivity contribution in [2.24, 2.45) is 0 Å². The van der Waals surface area contributed by atoms with Gasteiger partial charge in [0, 0.05) is 15.9 Å². The molecule has 0 radical (unpaired) electrons. The lowest BCUT2D eigenvalue weighted by molar-refractivity contribution is -0.115. The van der Waals surface area contributed by atoms with E-state index in [0.717, 1.165) is 35.3 Å². The minimum Gasteiger partial charge on any atom is -0.465 e. The highest BCUT2D eigenvalue weighted by Gasteiger charge is 2.28. The van der Waals surface area contributed by atoms with Crippen molar-refractivity contribution in [1.82, 2.24) is 5.32 Å². The smallest absolute Gasteiger partial charge is 0.341 e. The van der Waals surface area contributed by atoms with E-state index < -0.39 is 5.97 Å². The lowest BCUT2D eigenvalue weighted by atomic mass is 10.1. The van der Waals surface area contributed by atoms with Crippen LogP contribution < -0.4 is 10.6 Å². The van der Waals surface area contributed by atoms with E-state index in [0.29, 0.717) is 15.6 Å². The molecule has 1 aliphatic carbocycles. The third kappa shape index (κ3) is 3.92. The minimum atomic E-state index is -0.392. The van der Waals surface area contributed by atoms with E-state index in [2.05, 4.69) is 10.6 Å². The van der Waals surface area contributed by atoms with Gasteiger partial charge < -0.3 is 15.4 Å². The number of fused-ring (bicyclic) bond motifs is 1. The van der Waals surface area contributed by atoms with Crippen LogP contribution in [0.2, 0.25) is 5.02 Å². The van der Waals surface area contributed by atoms with Crippen LogP contribution in [-0.2, 0) is 22.4 Å². The summed E-state index contributed by atoms with van der Waals surface area (Å²) in [6, 6.07) is 7.47. The summed E-state index contributed by atoms with van der Waals surface area (Å²) < 4.78 is 4.90. The van der Waals surface area contributed by atoms with Gasteiger partial charge in [-0.3, -0.25) is 4.79 Å². The lowest BCUT2D eigenvalue weighted by Crippen LogP contribution is -2.30. The number of thiophene rings is 1. The number of carbonyl (C=O) groups is 2. The Morgan fingerprint density at radius 3 is 2.81 bits per heavy atom. The molecule has 0 saturated carbocycles. The molecule has 1 aromatic heterocycles. The molecule has 1 unspecified atom stereocenters. The van der Waals surface area contributed by atoms with Crippen LogP contribution in [0.25, 0.3) is 0 Å². The fourth-order valence-electron chi connectivity index (χ4n) is 3.16. The monoisotopic (exact) mass is 392 g/mol. The van der Waals surface area contributed by atoms with E-state index in [-0.39, 0.29) is 18.5 Å². The van der Waals surface area contributed by atoms with Crippen LogP contribution in [0.3, 0.4) is 0 Å². The number of methoxy groups -OCH3 is 1. The Balaban J connectivity index is 1.66. The average molecular weight is 393 g/mol. The number of esters is 1. The maximum absolute atomic E-state index is 12.4. The van der Waals surface area contributed by atoms with E-state index in [1.165, 1.54) is 18.4 Å². The van der Waals surface area contributed by atoms with Gasteiger partial charge in [0.15, 0.2) is 0 Å². The first-order valence-electron chi connectivity index (χ1n) is 8.51. The predicted molar refractivity (Wildman–Crippen MR) is 104 cm³/mol. The zero-order valence-electron chi connectivity index (χ0n) is 14.7. The van der Waals surface area contributed by atoms with Crippen LogP contribution in [0.4, 0.5) is 5.00 Å². The Labute approximate surface area is 161 Å². The van der Waals surface area contributed by atoms with Crippen LogP contribution in [0, 0.1) is 0 Å². The van der Waals surface area contributed by atoms with Crippen molar-refractivity contribution in [1.29, 1.82) is 0 Å². The van der Waals surface area contributed by atoms with Gasteiger partial charge in [-0.05, 0) is 43.4 Å². The lowest BCUT2D eigenvalue weighted by Gasteiger charge is -2.15. The summed E-state index contributed by atoms with van der Waals surface area (Å²) in [4.78, 5) is 25.7. The molecule has 7 heteroatoms. The second kappa shape index (κ2) is 8.20. The van der Waals surface area contributed by atoms with E-state index in [1.807, 2.05) is 31.2 Å². The summed E-state index contributed by atoms with van der Waals surface area (Å²) in [5.74, 6) is -0.592. The van der Waals surface area contributed by atoms with Crippen LogP contribution >= 0.6 is 22.9 Å². The zero-order chi connectivity index (χ0) is 18.7. The Hall–Kier alpha value is -1.89. The van der Waals surface area contributed by atoms with Gasteiger partial charge in [0.25, 0.3) is 0 Å². The highest BCUT2D eigenvalue weighted by Crippen LogP contribution is 2.39. The summed E-state index contributed by atoms with van der Waals surface area (Å²) in [5, 5.41) is 7.27. The van der Waals surface area contributed by atoms with Crippen molar-refractivity contribution in [3.63, 3.8) is 0 Å². The first-order chi connectivity index (χ1) is 12.5. The maximum Gasteiger partial charge on any atom is 0.341 e. The van der Waals surface area contributed by atoms with Crippen LogP contribution in [0.1, 0.15) is 45.7 Å². The van der Waals surface area contributed by atoms with E-state index >= 15 is 0 Å². The zero-order valence-corrected chi connectivity index (χ0v) is 16.3. The van der Waals surface area contributed by atoms with Crippen molar-refractivity contribution in [3.05, 3.63) is 50.9 Å². The largest absolute Gasteiger partial charge is 0.465 e. The first-order valence-corrected chi connectivity index (χ1v) is 9.71. The molecule has 1 aliphatic rings. The fraction of sp³-hybridized carbons (Fsp3) is 0.368. The molecule has 0 aliphatic heterocycles. The fourth-order valence-corrected chi connectivity index (χ4v) is 4.76. The number of ether oxygens (including phenoxy) is 1. The summed E-state index contributed by atoms with van der Waals surface area (Å²) in [5.41, 5.74) is 2.47. The number of anilines is 1. The number of aryl methyl sites for hydroxylation is 1. The summed E-state index contributed by atoms with van der Waals surface area (Å²) in [6.45, 7) is 2.07. The Kier molecular flexibility index (Phi) is 5.96. The normalized spacial score (nSPS) is 14.0. The van der Waals surface area contributed by atoms with Gasteiger partial charge in [-0.15, -0.1) is 11.3 Å². The van der Waals surface area contributed by atoms with Gasteiger partial charge in [0.2, 0.25) is 5.91 Å². The number of nitrogens with one attached hydrogen (secondary N) is 2. The van der Waals surface area contributed by atoms with Crippen molar-refractivity contribution >= 4 is 39.8 Å². The third-order valence-electron chi connectivity index (χ3n) is 4.50. The minimum absolute atomic E-state index is 0.0668. The molecule has 0 fully saturated rings. The number of halogens is 1. The average Bonchev–Trinajstić information content (AvgIpc) is 3.20. The van der Waals surface area contributed by atoms with Crippen molar-refractivity contribution in [3.8, 4) is 0 Å². The van der Waals surface area contributed by atoms with Gasteiger partial charge in [-0.25, -0.2) is 4.79 Å². The predicted octanol–water partition coefficient (Wildman–Crippen LogP) is 3.97. The molecule has 2 N–H and O–H groups in total. The SMILES string of the molecule is COC(=O)c1c(NC(=O)CNC(C)c2ccccc2Cl)sc2c1CCC2. The molecule has 2 aromatic rings. The number of carbonyl (C=O) groups excluding carboxylic acids is 2. The molecule has 3 rings (SSSR count). The van der Waals surface area contributed by atoms with Crippen LogP contribution in [0.5, 0.6) is 0 Å². The number of hydrogen-bond donors (Lipinski definition) is 2. The highest BCUT2D eigenvalue weighted by molar-refractivity contribution is 7.17. The molecule has 0 spiro atoms. The van der Waals surface area contributed by atoms with Crippen molar-refractivity contribution in [2.75, 3.05) is 19.0 Å². The molecule has 1 amide bonds. The molecule has 26 heavy (non-hydrogen) atoms. The maximum atomic E-state index is 12.4. The molecule has 1 aromatic carbocycles. The summed E-state index contributed by atoms with van der Waals surface area (Å²) >= 11 is 7.66. The molecular formula is C19H21ClN2O3S. The topological polar surface area (TPSA) is 67.4 Å². The van der Waals surface area contributed by atoms with E-state index in [1.54, 1.807) is 0 Å². The van der Waals surface area contributed by atoms with Crippen molar-refractivity contribution < 1.29 is 14.3 Å². The summed E-state index contributed by atoms with van der Waals surface area (Å²) in [6.07, 6.45) is 2.84. The van der Waals surface area contributed by atoms with Gasteiger partial charge in [-0.2, -0.15) is 0 Å². The number of amides is 1. The standard InChI is InChI=1S/C19H21ClN2O3S/c1-11(12-6-3-4-8-14(12)20)21-10-16(23)22-18-17(19(24)25-2)13-7-5-9-15(13)26-18/h3-4,6,8,11,21H,5,7,9-10H2,1-2H3,(H,22,23). The third-order valence-corrected chi connectivity index (χ3v) is 6.06.